The number of hydrogen-bond acceptors (Lipinski definition) is 3. The minimum Gasteiger partial charge on any atom is -0.379 e. The van der Waals surface area contributed by atoms with Crippen molar-refractivity contribution in [3.05, 3.63) is 18.2 Å². The molecule has 1 aromatic heterocycles. The summed E-state index contributed by atoms with van der Waals surface area (Å²) in [5, 5.41) is 3.32. The van der Waals surface area contributed by atoms with Crippen LogP contribution in [0.3, 0.4) is 0 Å². The molecule has 0 aliphatic heterocycles. The fourth-order valence-electron chi connectivity index (χ4n) is 1.65. The van der Waals surface area contributed by atoms with Crippen LogP contribution in [0, 0.1) is 0 Å². The normalized spacial score (nSPS) is 11.3. The molecule has 0 bridgehead atoms. The number of unbranched alkanes of at least 4 members (excludes halogenated alkanes) is 1. The third kappa shape index (κ3) is 5.84. The van der Waals surface area contributed by atoms with E-state index in [4.69, 9.17) is 4.74 Å². The Balaban J connectivity index is 2.19. The third-order valence-electron chi connectivity index (χ3n) is 2.60. The summed E-state index contributed by atoms with van der Waals surface area (Å²) in [5.74, 6) is 0. The Morgan fingerprint density at radius 3 is 2.94 bits per heavy atom. The average molecular weight is 239 g/mol. The minimum atomic E-state index is 0.340. The second kappa shape index (κ2) is 8.25. The predicted octanol–water partition coefficient (Wildman–Crippen LogP) is 2.20. The molecule has 98 valence electrons. The Hall–Kier alpha value is -0.870. The van der Waals surface area contributed by atoms with E-state index in [0.29, 0.717) is 6.10 Å². The van der Waals surface area contributed by atoms with Crippen LogP contribution >= 0.6 is 0 Å². The Kier molecular flexibility index (Phi) is 6.89. The van der Waals surface area contributed by atoms with Crippen molar-refractivity contribution in [2.24, 2.45) is 0 Å². The summed E-state index contributed by atoms with van der Waals surface area (Å²) >= 11 is 0. The lowest BCUT2D eigenvalue weighted by atomic mass is 10.3. The van der Waals surface area contributed by atoms with Gasteiger partial charge in [-0.3, -0.25) is 0 Å². The Morgan fingerprint density at radius 1 is 1.41 bits per heavy atom. The van der Waals surface area contributed by atoms with E-state index in [1.807, 2.05) is 12.5 Å². The van der Waals surface area contributed by atoms with E-state index in [2.05, 4.69) is 35.6 Å². The van der Waals surface area contributed by atoms with E-state index in [1.54, 1.807) is 0 Å². The first kappa shape index (κ1) is 14.2. The van der Waals surface area contributed by atoms with Gasteiger partial charge < -0.3 is 14.6 Å². The molecule has 0 amide bonds. The largest absolute Gasteiger partial charge is 0.379 e. The van der Waals surface area contributed by atoms with E-state index in [1.165, 1.54) is 5.69 Å². The van der Waals surface area contributed by atoms with Crippen LogP contribution in [0.5, 0.6) is 0 Å². The van der Waals surface area contributed by atoms with Crippen LogP contribution in [0.15, 0.2) is 12.5 Å². The lowest BCUT2D eigenvalue weighted by molar-refractivity contribution is 0.0754. The highest BCUT2D eigenvalue weighted by Crippen LogP contribution is 2.03. The van der Waals surface area contributed by atoms with Crippen LogP contribution in [-0.4, -0.2) is 28.8 Å². The van der Waals surface area contributed by atoms with Crippen LogP contribution in [0.4, 0.5) is 0 Å². The maximum atomic E-state index is 5.52. The number of nitrogens with zero attached hydrogens (tertiary/aromatic N) is 2. The van der Waals surface area contributed by atoms with Gasteiger partial charge >= 0.3 is 0 Å². The molecule has 17 heavy (non-hydrogen) atoms. The Labute approximate surface area is 104 Å². The molecule has 4 heteroatoms. The second-order valence-electron chi connectivity index (χ2n) is 4.49. The smallest absolute Gasteiger partial charge is 0.0948 e. The van der Waals surface area contributed by atoms with Gasteiger partial charge in [-0.25, -0.2) is 4.98 Å². The zero-order valence-electron chi connectivity index (χ0n) is 11.3. The van der Waals surface area contributed by atoms with Crippen LogP contribution < -0.4 is 5.32 Å². The molecule has 0 saturated carbocycles. The zero-order chi connectivity index (χ0) is 12.5. The quantitative estimate of drug-likeness (QED) is 0.671. The molecular weight excluding hydrogens is 214 g/mol. The van der Waals surface area contributed by atoms with E-state index >= 15 is 0 Å². The van der Waals surface area contributed by atoms with Gasteiger partial charge in [0, 0.05) is 25.9 Å². The maximum Gasteiger partial charge on any atom is 0.0948 e. The van der Waals surface area contributed by atoms with Crippen molar-refractivity contribution in [1.82, 2.24) is 14.9 Å². The number of rotatable bonds is 9. The van der Waals surface area contributed by atoms with Crippen molar-refractivity contribution in [2.45, 2.75) is 52.8 Å². The summed E-state index contributed by atoms with van der Waals surface area (Å²) in [5.41, 5.74) is 1.26. The van der Waals surface area contributed by atoms with E-state index in [9.17, 15) is 0 Å². The molecule has 0 saturated heterocycles. The van der Waals surface area contributed by atoms with Crippen LogP contribution in [0.1, 0.15) is 39.3 Å². The Bertz CT molecular complexity index is 297. The number of nitrogens with one attached hydrogen (secondary N) is 1. The molecule has 4 nitrogen and oxygen atoms in total. The summed E-state index contributed by atoms with van der Waals surface area (Å²) in [7, 11) is 0. The molecule has 0 unspecified atom stereocenters. The van der Waals surface area contributed by atoms with Gasteiger partial charge in [-0.15, -0.1) is 0 Å². The third-order valence-corrected chi connectivity index (χ3v) is 2.60. The molecular formula is C13H25N3O. The fourth-order valence-corrected chi connectivity index (χ4v) is 1.65. The zero-order valence-corrected chi connectivity index (χ0v) is 11.3. The standard InChI is InChI=1S/C13H25N3O/c1-4-14-9-13-10-15-11-16(13)7-5-6-8-17-12(2)3/h10-12,14H,4-9H2,1-3H3. The molecule has 0 atom stereocenters. The van der Waals surface area contributed by atoms with Gasteiger partial charge in [-0.05, 0) is 33.2 Å². The summed E-state index contributed by atoms with van der Waals surface area (Å²) in [6.45, 7) is 10.0. The van der Waals surface area contributed by atoms with Crippen LogP contribution in [-0.2, 0) is 17.8 Å². The molecule has 1 aromatic rings. The number of imidazole rings is 1. The van der Waals surface area contributed by atoms with Crippen molar-refractivity contribution in [3.8, 4) is 0 Å². The topological polar surface area (TPSA) is 39.1 Å². The Morgan fingerprint density at radius 2 is 2.24 bits per heavy atom. The first-order chi connectivity index (χ1) is 8.24. The highest BCUT2D eigenvalue weighted by atomic mass is 16.5. The van der Waals surface area contributed by atoms with Gasteiger partial charge in [0.25, 0.3) is 0 Å². The van der Waals surface area contributed by atoms with Gasteiger partial charge in [0.2, 0.25) is 0 Å². The first-order valence-electron chi connectivity index (χ1n) is 6.55. The fraction of sp³-hybridized carbons (Fsp3) is 0.769. The maximum absolute atomic E-state index is 5.52. The second-order valence-corrected chi connectivity index (χ2v) is 4.49. The van der Waals surface area contributed by atoms with Gasteiger partial charge in [-0.2, -0.15) is 0 Å². The highest BCUT2D eigenvalue weighted by molar-refractivity contribution is 4.97. The SMILES string of the molecule is CCNCc1cncn1CCCCOC(C)C. The molecule has 0 radical (unpaired) electrons. The molecule has 0 spiro atoms. The predicted molar refractivity (Wildman–Crippen MR) is 69.9 cm³/mol. The van der Waals surface area contributed by atoms with E-state index in [0.717, 1.165) is 39.1 Å². The molecule has 0 aromatic carbocycles. The summed E-state index contributed by atoms with van der Waals surface area (Å²) < 4.78 is 7.74. The number of ether oxygens (including phenoxy) is 1. The van der Waals surface area contributed by atoms with Crippen LogP contribution in [0.2, 0.25) is 0 Å². The number of aromatic nitrogens is 2. The van der Waals surface area contributed by atoms with Gasteiger partial charge in [0.15, 0.2) is 0 Å². The van der Waals surface area contributed by atoms with E-state index < -0.39 is 0 Å². The van der Waals surface area contributed by atoms with Gasteiger partial charge in [0.05, 0.1) is 18.1 Å². The van der Waals surface area contributed by atoms with Gasteiger partial charge in [0.1, 0.15) is 0 Å². The minimum absolute atomic E-state index is 0.340. The highest BCUT2D eigenvalue weighted by Gasteiger charge is 2.01. The lowest BCUT2D eigenvalue weighted by Gasteiger charge is -2.09. The molecule has 0 aliphatic carbocycles. The van der Waals surface area contributed by atoms with Crippen LogP contribution in [0.25, 0.3) is 0 Å². The number of aryl methyl sites for hydroxylation is 1. The molecule has 1 N–H and O–H groups in total. The molecule has 0 fully saturated rings. The monoisotopic (exact) mass is 239 g/mol. The summed E-state index contributed by atoms with van der Waals surface area (Å²) in [4.78, 5) is 4.19. The molecule has 0 aliphatic rings. The summed E-state index contributed by atoms with van der Waals surface area (Å²) in [6, 6.07) is 0. The molecule has 1 heterocycles. The lowest BCUT2D eigenvalue weighted by Crippen LogP contribution is -2.15. The summed E-state index contributed by atoms with van der Waals surface area (Å²) in [6.07, 6.45) is 6.44. The number of hydrogen-bond donors (Lipinski definition) is 1. The van der Waals surface area contributed by atoms with Gasteiger partial charge in [-0.1, -0.05) is 6.92 Å². The van der Waals surface area contributed by atoms with Crippen molar-refractivity contribution in [1.29, 1.82) is 0 Å². The van der Waals surface area contributed by atoms with Crippen molar-refractivity contribution >= 4 is 0 Å². The van der Waals surface area contributed by atoms with Crippen molar-refractivity contribution in [2.75, 3.05) is 13.2 Å². The average Bonchev–Trinajstić information content (AvgIpc) is 2.73. The van der Waals surface area contributed by atoms with Crippen molar-refractivity contribution < 1.29 is 4.74 Å². The van der Waals surface area contributed by atoms with Crippen molar-refractivity contribution in [3.63, 3.8) is 0 Å². The molecule has 1 rings (SSSR count). The van der Waals surface area contributed by atoms with E-state index in [-0.39, 0.29) is 0 Å². The first-order valence-corrected chi connectivity index (χ1v) is 6.55.